The van der Waals surface area contributed by atoms with E-state index in [1.807, 2.05) is 0 Å². The van der Waals surface area contributed by atoms with Gasteiger partial charge in [-0.25, -0.2) is 8.42 Å². The molecule has 1 fully saturated rings. The van der Waals surface area contributed by atoms with E-state index in [1.165, 1.54) is 6.92 Å². The summed E-state index contributed by atoms with van der Waals surface area (Å²) in [6, 6.07) is 0. The molecular weight excluding hydrogens is 216 g/mol. The Hall–Kier alpha value is -0.290. The average Bonchev–Trinajstić information content (AvgIpc) is 2.12. The molecular formula is C7H11ClO4S. The van der Waals surface area contributed by atoms with Gasteiger partial charge in [-0.1, -0.05) is 6.92 Å². The Kier molecular flexibility index (Phi) is 2.87. The molecule has 0 radical (unpaired) electrons. The fourth-order valence-electron chi connectivity index (χ4n) is 1.31. The zero-order valence-corrected chi connectivity index (χ0v) is 8.93. The highest BCUT2D eigenvalue weighted by Gasteiger charge is 2.46. The summed E-state index contributed by atoms with van der Waals surface area (Å²) in [6.45, 7) is 2.85. The second-order valence-electron chi connectivity index (χ2n) is 3.18. The number of carbonyl (C=O) groups excluding carboxylic acids is 1. The topological polar surface area (TPSA) is 60.4 Å². The molecule has 0 N–H and O–H groups in total. The Morgan fingerprint density at radius 2 is 2.08 bits per heavy atom. The van der Waals surface area contributed by atoms with E-state index < -0.39 is 26.6 Å². The van der Waals surface area contributed by atoms with Gasteiger partial charge in [-0.15, -0.1) is 11.6 Å². The molecule has 1 aliphatic rings. The third kappa shape index (κ3) is 2.14. The normalized spacial score (nSPS) is 37.3. The van der Waals surface area contributed by atoms with E-state index in [9.17, 15) is 13.2 Å². The van der Waals surface area contributed by atoms with E-state index in [-0.39, 0.29) is 11.7 Å². The number of esters is 1. The van der Waals surface area contributed by atoms with Gasteiger partial charge in [0.1, 0.15) is 0 Å². The summed E-state index contributed by atoms with van der Waals surface area (Å²) in [5, 5.41) is -0.464. The first-order valence-corrected chi connectivity index (χ1v) is 6.02. The Balaban J connectivity index is 2.88. The molecule has 1 heterocycles. The van der Waals surface area contributed by atoms with Crippen molar-refractivity contribution in [1.82, 2.24) is 0 Å². The fraction of sp³-hybridized carbons (Fsp3) is 0.857. The van der Waals surface area contributed by atoms with Crippen LogP contribution in [0.4, 0.5) is 0 Å². The first kappa shape index (κ1) is 10.8. The second kappa shape index (κ2) is 3.46. The summed E-state index contributed by atoms with van der Waals surface area (Å²) in [6.07, 6.45) is 0. The molecule has 0 aromatic carbocycles. The number of sulfone groups is 1. The number of carbonyl (C=O) groups is 1. The molecule has 0 aromatic rings. The number of halogens is 1. The molecule has 4 nitrogen and oxygen atoms in total. The van der Waals surface area contributed by atoms with Crippen molar-refractivity contribution in [1.29, 1.82) is 0 Å². The lowest BCUT2D eigenvalue weighted by atomic mass is 10.1. The van der Waals surface area contributed by atoms with Crippen LogP contribution in [0.5, 0.6) is 0 Å². The van der Waals surface area contributed by atoms with Gasteiger partial charge in [0.15, 0.2) is 9.84 Å². The lowest BCUT2D eigenvalue weighted by Gasteiger charge is -2.14. The average molecular weight is 227 g/mol. The number of hydrogen-bond donors (Lipinski definition) is 0. The maximum absolute atomic E-state index is 11.4. The summed E-state index contributed by atoms with van der Waals surface area (Å²) in [5.41, 5.74) is -1.06. The predicted octanol–water partition coefficient (Wildman–Crippen LogP) is 0.548. The summed E-state index contributed by atoms with van der Waals surface area (Å²) in [4.78, 5) is 10.6. The van der Waals surface area contributed by atoms with Crippen LogP contribution in [0.25, 0.3) is 0 Å². The van der Waals surface area contributed by atoms with Gasteiger partial charge in [-0.3, -0.25) is 4.79 Å². The van der Waals surface area contributed by atoms with Crippen molar-refractivity contribution in [2.45, 2.75) is 24.7 Å². The summed E-state index contributed by atoms with van der Waals surface area (Å²) < 4.78 is 27.4. The highest BCUT2D eigenvalue weighted by Crippen LogP contribution is 2.31. The molecule has 0 aliphatic carbocycles. The Morgan fingerprint density at radius 1 is 1.54 bits per heavy atom. The first-order valence-electron chi connectivity index (χ1n) is 3.87. The van der Waals surface area contributed by atoms with Gasteiger partial charge in [0.05, 0.1) is 11.1 Å². The minimum absolute atomic E-state index is 0.117. The minimum atomic E-state index is -3.36. The quantitative estimate of drug-likeness (QED) is 0.484. The highest BCUT2D eigenvalue weighted by atomic mass is 35.5. The largest absolute Gasteiger partial charge is 0.446 e. The smallest absolute Gasteiger partial charge is 0.303 e. The summed E-state index contributed by atoms with van der Waals surface area (Å²) in [5.74, 6) is -1.05. The SMILES string of the molecule is CC(=O)O[C@@H]1[C@H](C)[C@@H](Cl)CS1(=O)=O. The molecule has 13 heavy (non-hydrogen) atoms. The van der Waals surface area contributed by atoms with E-state index in [4.69, 9.17) is 16.3 Å². The highest BCUT2D eigenvalue weighted by molar-refractivity contribution is 7.92. The van der Waals surface area contributed by atoms with Crippen molar-refractivity contribution < 1.29 is 17.9 Å². The van der Waals surface area contributed by atoms with Crippen LogP contribution in [0.15, 0.2) is 0 Å². The van der Waals surface area contributed by atoms with Crippen molar-refractivity contribution in [2.75, 3.05) is 5.75 Å². The van der Waals surface area contributed by atoms with E-state index in [0.29, 0.717) is 0 Å². The Morgan fingerprint density at radius 3 is 2.38 bits per heavy atom. The molecule has 3 atom stereocenters. The molecule has 0 spiro atoms. The minimum Gasteiger partial charge on any atom is -0.446 e. The van der Waals surface area contributed by atoms with Crippen LogP contribution >= 0.6 is 11.6 Å². The van der Waals surface area contributed by atoms with Crippen LogP contribution in [-0.4, -0.2) is 31.0 Å². The van der Waals surface area contributed by atoms with E-state index in [2.05, 4.69) is 0 Å². The zero-order chi connectivity index (χ0) is 10.2. The Bertz CT molecular complexity index is 310. The Labute approximate surface area is 82.1 Å². The van der Waals surface area contributed by atoms with Gasteiger partial charge in [0.2, 0.25) is 5.44 Å². The fourth-order valence-corrected chi connectivity index (χ4v) is 4.12. The standard InChI is InChI=1S/C7H11ClO4S/c1-4-6(8)3-13(10,11)7(4)12-5(2)9/h4,6-7H,3H2,1-2H3/t4-,6+,7+/m1/s1. The van der Waals surface area contributed by atoms with Crippen molar-refractivity contribution in [2.24, 2.45) is 5.92 Å². The van der Waals surface area contributed by atoms with Crippen LogP contribution in [0.1, 0.15) is 13.8 Å². The van der Waals surface area contributed by atoms with Crippen molar-refractivity contribution >= 4 is 27.4 Å². The van der Waals surface area contributed by atoms with Gasteiger partial charge in [-0.2, -0.15) is 0 Å². The molecule has 0 aromatic heterocycles. The van der Waals surface area contributed by atoms with Crippen molar-refractivity contribution in [3.05, 3.63) is 0 Å². The van der Waals surface area contributed by atoms with Crippen LogP contribution in [-0.2, 0) is 19.4 Å². The lowest BCUT2D eigenvalue weighted by molar-refractivity contribution is -0.144. The van der Waals surface area contributed by atoms with Gasteiger partial charge in [0, 0.05) is 12.8 Å². The summed E-state index contributed by atoms with van der Waals surface area (Å²) >= 11 is 5.75. The molecule has 0 bridgehead atoms. The molecule has 1 aliphatic heterocycles. The molecule has 1 saturated heterocycles. The van der Waals surface area contributed by atoms with Crippen LogP contribution in [0, 0.1) is 5.92 Å². The third-order valence-electron chi connectivity index (χ3n) is 2.03. The first-order chi connectivity index (χ1) is 5.84. The van der Waals surface area contributed by atoms with Crippen LogP contribution in [0.2, 0.25) is 0 Å². The second-order valence-corrected chi connectivity index (χ2v) is 5.87. The van der Waals surface area contributed by atoms with Crippen molar-refractivity contribution in [3.63, 3.8) is 0 Å². The molecule has 76 valence electrons. The molecule has 6 heteroatoms. The van der Waals surface area contributed by atoms with Gasteiger partial charge in [0.25, 0.3) is 0 Å². The predicted molar refractivity (Wildman–Crippen MR) is 48.1 cm³/mol. The number of alkyl halides is 1. The third-order valence-corrected chi connectivity index (χ3v) is 4.82. The maximum atomic E-state index is 11.4. The number of rotatable bonds is 1. The molecule has 0 unspecified atom stereocenters. The van der Waals surface area contributed by atoms with Crippen LogP contribution in [0.3, 0.4) is 0 Å². The monoisotopic (exact) mass is 226 g/mol. The lowest BCUT2D eigenvalue weighted by Crippen LogP contribution is -2.27. The van der Waals surface area contributed by atoms with Crippen LogP contribution < -0.4 is 0 Å². The number of ether oxygens (including phenoxy) is 1. The number of hydrogen-bond acceptors (Lipinski definition) is 4. The van der Waals surface area contributed by atoms with Gasteiger partial charge in [-0.05, 0) is 0 Å². The molecule has 1 rings (SSSR count). The molecule has 0 saturated carbocycles. The van der Waals surface area contributed by atoms with E-state index >= 15 is 0 Å². The zero-order valence-electron chi connectivity index (χ0n) is 7.36. The maximum Gasteiger partial charge on any atom is 0.303 e. The van der Waals surface area contributed by atoms with E-state index in [0.717, 1.165) is 0 Å². The van der Waals surface area contributed by atoms with Gasteiger partial charge < -0.3 is 4.74 Å². The van der Waals surface area contributed by atoms with Crippen molar-refractivity contribution in [3.8, 4) is 0 Å². The molecule has 0 amide bonds. The van der Waals surface area contributed by atoms with E-state index in [1.54, 1.807) is 6.92 Å². The van der Waals surface area contributed by atoms with Gasteiger partial charge >= 0.3 is 5.97 Å². The summed E-state index contributed by atoms with van der Waals surface area (Å²) in [7, 11) is -3.36.